The number of nitrogens with one attached hydrogen (secondary N) is 1. The van der Waals surface area contributed by atoms with Crippen LogP contribution < -0.4 is 5.73 Å². The van der Waals surface area contributed by atoms with Gasteiger partial charge in [0.05, 0.1) is 0 Å². The van der Waals surface area contributed by atoms with Crippen molar-refractivity contribution in [2.24, 2.45) is 0 Å². The summed E-state index contributed by atoms with van der Waals surface area (Å²) in [6.45, 7) is 0. The van der Waals surface area contributed by atoms with Crippen molar-refractivity contribution in [2.45, 2.75) is 25.7 Å². The summed E-state index contributed by atoms with van der Waals surface area (Å²) >= 11 is 0. The first-order valence-electron chi connectivity index (χ1n) is 7.31. The number of hydrogen-bond acceptors (Lipinski definition) is 1. The van der Waals surface area contributed by atoms with Crippen molar-refractivity contribution in [1.82, 2.24) is 4.98 Å². The van der Waals surface area contributed by atoms with Crippen LogP contribution in [0.15, 0.2) is 42.5 Å². The number of nitrogen functional groups attached to an aromatic ring is 1. The van der Waals surface area contributed by atoms with Crippen molar-refractivity contribution in [3.8, 4) is 11.1 Å². The molecule has 0 aliphatic heterocycles. The Morgan fingerprint density at radius 1 is 0.900 bits per heavy atom. The molecule has 0 amide bonds. The van der Waals surface area contributed by atoms with Gasteiger partial charge in [0.25, 0.3) is 0 Å². The van der Waals surface area contributed by atoms with Gasteiger partial charge in [0.15, 0.2) is 0 Å². The van der Waals surface area contributed by atoms with Gasteiger partial charge in [-0.25, -0.2) is 0 Å². The van der Waals surface area contributed by atoms with E-state index in [0.29, 0.717) is 0 Å². The highest BCUT2D eigenvalue weighted by Gasteiger charge is 2.15. The lowest BCUT2D eigenvalue weighted by Crippen LogP contribution is -1.99. The molecule has 0 saturated carbocycles. The molecule has 0 saturated heterocycles. The van der Waals surface area contributed by atoms with Crippen LogP contribution in [-0.4, -0.2) is 4.98 Å². The highest BCUT2D eigenvalue weighted by Crippen LogP contribution is 2.32. The molecule has 0 radical (unpaired) electrons. The van der Waals surface area contributed by atoms with Gasteiger partial charge in [0.1, 0.15) is 0 Å². The van der Waals surface area contributed by atoms with E-state index >= 15 is 0 Å². The number of aromatic amines is 1. The van der Waals surface area contributed by atoms with E-state index in [2.05, 4.69) is 29.2 Å². The van der Waals surface area contributed by atoms with Crippen LogP contribution in [0.1, 0.15) is 24.1 Å². The van der Waals surface area contributed by atoms with E-state index in [0.717, 1.165) is 5.69 Å². The molecule has 1 aromatic heterocycles. The maximum absolute atomic E-state index is 5.89. The molecule has 100 valence electrons. The average molecular weight is 262 g/mol. The Kier molecular flexibility index (Phi) is 2.56. The smallest absolute Gasteiger partial charge is 0.0459 e. The standard InChI is InChI=1S/C18H18N2/c19-14-5-3-4-12(10-14)13-8-9-18-16(11-13)15-6-1-2-7-17(15)20-18/h3-5,8-11,20H,1-2,6-7,19H2. The molecule has 2 nitrogen and oxygen atoms in total. The second-order valence-corrected chi connectivity index (χ2v) is 5.68. The third kappa shape index (κ3) is 1.80. The normalized spacial score (nSPS) is 14.4. The van der Waals surface area contributed by atoms with Gasteiger partial charge in [0.2, 0.25) is 0 Å². The lowest BCUT2D eigenvalue weighted by molar-refractivity contribution is 0.680. The second kappa shape index (κ2) is 4.41. The molecule has 1 heterocycles. The van der Waals surface area contributed by atoms with Gasteiger partial charge in [0, 0.05) is 22.3 Å². The average Bonchev–Trinajstić information content (AvgIpc) is 2.85. The molecule has 0 spiro atoms. The molecule has 0 atom stereocenters. The zero-order valence-electron chi connectivity index (χ0n) is 11.4. The van der Waals surface area contributed by atoms with Crippen LogP contribution in [0.3, 0.4) is 0 Å². The number of fused-ring (bicyclic) bond motifs is 3. The van der Waals surface area contributed by atoms with Gasteiger partial charge in [-0.2, -0.15) is 0 Å². The van der Waals surface area contributed by atoms with Crippen LogP contribution in [0.2, 0.25) is 0 Å². The molecule has 4 rings (SSSR count). The van der Waals surface area contributed by atoms with Gasteiger partial charge in [-0.3, -0.25) is 0 Å². The summed E-state index contributed by atoms with van der Waals surface area (Å²) in [6, 6.07) is 14.8. The Balaban J connectivity index is 1.90. The van der Waals surface area contributed by atoms with Crippen LogP contribution in [0.4, 0.5) is 5.69 Å². The lowest BCUT2D eigenvalue weighted by Gasteiger charge is -2.10. The van der Waals surface area contributed by atoms with Crippen molar-refractivity contribution in [3.63, 3.8) is 0 Å². The predicted octanol–water partition coefficient (Wildman–Crippen LogP) is 4.30. The molecule has 3 N–H and O–H groups in total. The molecule has 20 heavy (non-hydrogen) atoms. The topological polar surface area (TPSA) is 41.8 Å². The Bertz CT molecular complexity index is 783. The summed E-state index contributed by atoms with van der Waals surface area (Å²) in [7, 11) is 0. The largest absolute Gasteiger partial charge is 0.399 e. The third-order valence-electron chi connectivity index (χ3n) is 4.32. The first-order chi connectivity index (χ1) is 9.81. The van der Waals surface area contributed by atoms with E-state index < -0.39 is 0 Å². The molecule has 2 aromatic carbocycles. The number of H-pyrrole nitrogens is 1. The fourth-order valence-corrected chi connectivity index (χ4v) is 3.30. The molecular weight excluding hydrogens is 244 g/mol. The molecule has 1 aliphatic rings. The number of aromatic nitrogens is 1. The van der Waals surface area contributed by atoms with Crippen molar-refractivity contribution in [3.05, 3.63) is 53.7 Å². The first-order valence-corrected chi connectivity index (χ1v) is 7.31. The van der Waals surface area contributed by atoms with E-state index in [-0.39, 0.29) is 0 Å². The Morgan fingerprint density at radius 3 is 2.65 bits per heavy atom. The van der Waals surface area contributed by atoms with Gasteiger partial charge in [-0.1, -0.05) is 18.2 Å². The van der Waals surface area contributed by atoms with Crippen LogP contribution in [0.25, 0.3) is 22.0 Å². The van der Waals surface area contributed by atoms with Crippen LogP contribution in [0, 0.1) is 0 Å². The van der Waals surface area contributed by atoms with Crippen LogP contribution in [0.5, 0.6) is 0 Å². The van der Waals surface area contributed by atoms with Crippen LogP contribution in [-0.2, 0) is 12.8 Å². The van der Waals surface area contributed by atoms with Gasteiger partial charge < -0.3 is 10.7 Å². The Morgan fingerprint density at radius 2 is 1.75 bits per heavy atom. The van der Waals surface area contributed by atoms with Gasteiger partial charge in [-0.15, -0.1) is 0 Å². The summed E-state index contributed by atoms with van der Waals surface area (Å²) in [5.41, 5.74) is 13.4. The van der Waals surface area contributed by atoms with Crippen molar-refractivity contribution < 1.29 is 0 Å². The van der Waals surface area contributed by atoms with E-state index in [1.807, 2.05) is 18.2 Å². The zero-order valence-corrected chi connectivity index (χ0v) is 11.4. The SMILES string of the molecule is Nc1cccc(-c2ccc3[nH]c4c(c3c2)CCCC4)c1. The molecule has 1 aliphatic carbocycles. The van der Waals surface area contributed by atoms with E-state index in [9.17, 15) is 0 Å². The quantitative estimate of drug-likeness (QED) is 0.631. The highest BCUT2D eigenvalue weighted by molar-refractivity contribution is 5.89. The Labute approximate surface area is 118 Å². The number of nitrogens with two attached hydrogens (primary N) is 1. The predicted molar refractivity (Wildman–Crippen MR) is 84.8 cm³/mol. The highest BCUT2D eigenvalue weighted by atomic mass is 14.7. The summed E-state index contributed by atoms with van der Waals surface area (Å²) in [5.74, 6) is 0. The van der Waals surface area contributed by atoms with Crippen molar-refractivity contribution in [2.75, 3.05) is 5.73 Å². The first kappa shape index (κ1) is 11.6. The number of rotatable bonds is 1. The molecule has 2 heteroatoms. The van der Waals surface area contributed by atoms with E-state index in [1.54, 1.807) is 0 Å². The van der Waals surface area contributed by atoms with E-state index in [1.165, 1.54) is 59.0 Å². The van der Waals surface area contributed by atoms with Crippen molar-refractivity contribution >= 4 is 16.6 Å². The van der Waals surface area contributed by atoms with Crippen LogP contribution >= 0.6 is 0 Å². The molecule has 0 unspecified atom stereocenters. The molecule has 3 aromatic rings. The minimum atomic E-state index is 0.818. The fraction of sp³-hybridized carbons (Fsp3) is 0.222. The second-order valence-electron chi connectivity index (χ2n) is 5.68. The maximum Gasteiger partial charge on any atom is 0.0459 e. The maximum atomic E-state index is 5.89. The molecule has 0 fully saturated rings. The summed E-state index contributed by atoms with van der Waals surface area (Å²) in [6.07, 6.45) is 5.01. The number of benzene rings is 2. The summed E-state index contributed by atoms with van der Waals surface area (Å²) in [5, 5.41) is 1.39. The Hall–Kier alpha value is -2.22. The molecular formula is C18H18N2. The van der Waals surface area contributed by atoms with Gasteiger partial charge >= 0.3 is 0 Å². The van der Waals surface area contributed by atoms with Gasteiger partial charge in [-0.05, 0) is 66.6 Å². The monoisotopic (exact) mass is 262 g/mol. The molecule has 0 bridgehead atoms. The lowest BCUT2D eigenvalue weighted by atomic mass is 9.94. The number of aryl methyl sites for hydroxylation is 2. The number of anilines is 1. The van der Waals surface area contributed by atoms with Crippen molar-refractivity contribution in [1.29, 1.82) is 0 Å². The zero-order chi connectivity index (χ0) is 13.5. The fourth-order valence-electron chi connectivity index (χ4n) is 3.30. The van der Waals surface area contributed by atoms with E-state index in [4.69, 9.17) is 5.73 Å². The number of hydrogen-bond donors (Lipinski definition) is 2. The summed E-state index contributed by atoms with van der Waals surface area (Å²) in [4.78, 5) is 3.58. The minimum Gasteiger partial charge on any atom is -0.399 e. The summed E-state index contributed by atoms with van der Waals surface area (Å²) < 4.78 is 0. The minimum absolute atomic E-state index is 0.818. The third-order valence-corrected chi connectivity index (χ3v) is 4.32.